The average Bonchev–Trinajstić information content (AvgIpc) is 2.76. The van der Waals surface area contributed by atoms with E-state index in [9.17, 15) is 9.90 Å². The van der Waals surface area contributed by atoms with E-state index in [1.54, 1.807) is 26.4 Å². The smallest absolute Gasteiger partial charge is 0.163 e. The molecule has 1 aliphatic heterocycles. The first kappa shape index (κ1) is 20.4. The highest BCUT2D eigenvalue weighted by Crippen LogP contribution is 2.52. The van der Waals surface area contributed by atoms with E-state index in [0.29, 0.717) is 29.9 Å². The molecule has 0 bridgehead atoms. The van der Waals surface area contributed by atoms with Gasteiger partial charge in [-0.05, 0) is 52.1 Å². The number of rotatable bonds is 3. The number of Topliss-reactive ketones (excluding diaryl/α,β-unsaturated/α-hetero) is 1. The summed E-state index contributed by atoms with van der Waals surface area (Å²) in [5, 5.41) is 11.8. The van der Waals surface area contributed by atoms with Gasteiger partial charge in [-0.15, -0.1) is 0 Å². The minimum atomic E-state index is -0.301. The molecule has 0 radical (unpaired) electrons. The molecule has 164 valence electrons. The van der Waals surface area contributed by atoms with Crippen LogP contribution < -0.4 is 14.2 Å². The van der Waals surface area contributed by atoms with Crippen LogP contribution in [0.3, 0.4) is 0 Å². The molecule has 0 amide bonds. The van der Waals surface area contributed by atoms with E-state index < -0.39 is 0 Å². The second kappa shape index (κ2) is 7.30. The zero-order chi connectivity index (χ0) is 22.6. The number of allylic oxidation sites excluding steroid dienone is 2. The van der Waals surface area contributed by atoms with Crippen LogP contribution in [0.4, 0.5) is 0 Å². The van der Waals surface area contributed by atoms with Crippen molar-refractivity contribution in [3.8, 4) is 23.0 Å². The Morgan fingerprint density at radius 1 is 0.969 bits per heavy atom. The van der Waals surface area contributed by atoms with Gasteiger partial charge in [0.2, 0.25) is 0 Å². The van der Waals surface area contributed by atoms with E-state index in [4.69, 9.17) is 14.2 Å². The highest BCUT2D eigenvalue weighted by molar-refractivity contribution is 6.02. The maximum absolute atomic E-state index is 13.5. The van der Waals surface area contributed by atoms with Crippen molar-refractivity contribution in [2.24, 2.45) is 5.41 Å². The van der Waals surface area contributed by atoms with E-state index in [0.717, 1.165) is 33.4 Å². The maximum atomic E-state index is 13.5. The van der Waals surface area contributed by atoms with Gasteiger partial charge in [0.15, 0.2) is 17.3 Å². The number of fused-ring (bicyclic) bond motifs is 3. The molecule has 0 spiro atoms. The van der Waals surface area contributed by atoms with Crippen LogP contribution in [0.5, 0.6) is 23.0 Å². The number of hydrogen-bond donors (Lipinski definition) is 1. The Labute approximate surface area is 187 Å². The molecule has 1 heterocycles. The van der Waals surface area contributed by atoms with Gasteiger partial charge < -0.3 is 19.3 Å². The van der Waals surface area contributed by atoms with Crippen LogP contribution in [0.15, 0.2) is 59.9 Å². The number of aromatic hydroxyl groups is 1. The molecule has 1 unspecified atom stereocenters. The lowest BCUT2D eigenvalue weighted by atomic mass is 9.69. The first-order valence-corrected chi connectivity index (χ1v) is 10.7. The molecule has 0 saturated heterocycles. The predicted molar refractivity (Wildman–Crippen MR) is 123 cm³/mol. The van der Waals surface area contributed by atoms with Crippen LogP contribution in [0, 0.1) is 5.41 Å². The third-order valence-corrected chi connectivity index (χ3v) is 6.44. The fraction of sp³-hybridized carbons (Fsp3) is 0.296. The standard InChI is InChI=1S/C27H26O5/c1-27(2)13-19(29)26-23(14-27)32-21-10-5-15-11-17(28)7-8-18(15)25(21)24(26)16-6-9-20(30-3)22(12-16)31-4/h5-12,24,28H,13-14H2,1-4H3. The molecule has 32 heavy (non-hydrogen) atoms. The topological polar surface area (TPSA) is 65.0 Å². The van der Waals surface area contributed by atoms with Gasteiger partial charge in [-0.2, -0.15) is 0 Å². The third-order valence-electron chi connectivity index (χ3n) is 6.44. The van der Waals surface area contributed by atoms with Crippen molar-refractivity contribution in [2.45, 2.75) is 32.6 Å². The number of ether oxygens (including phenoxy) is 3. The van der Waals surface area contributed by atoms with Gasteiger partial charge in [0.05, 0.1) is 14.2 Å². The molecule has 5 rings (SSSR count). The zero-order valence-corrected chi connectivity index (χ0v) is 18.7. The number of carbonyl (C=O) groups excluding carboxylic acids is 1. The third kappa shape index (κ3) is 3.20. The Kier molecular flexibility index (Phi) is 4.66. The summed E-state index contributed by atoms with van der Waals surface area (Å²) in [5.41, 5.74) is 2.43. The van der Waals surface area contributed by atoms with Gasteiger partial charge in [-0.3, -0.25) is 4.79 Å². The van der Waals surface area contributed by atoms with Crippen molar-refractivity contribution < 1.29 is 24.1 Å². The van der Waals surface area contributed by atoms with Gasteiger partial charge in [-0.25, -0.2) is 0 Å². The molecule has 1 aliphatic carbocycles. The van der Waals surface area contributed by atoms with E-state index in [2.05, 4.69) is 13.8 Å². The zero-order valence-electron chi connectivity index (χ0n) is 18.7. The summed E-state index contributed by atoms with van der Waals surface area (Å²) in [7, 11) is 3.21. The fourth-order valence-electron chi connectivity index (χ4n) is 5.04. The summed E-state index contributed by atoms with van der Waals surface area (Å²) in [6.45, 7) is 4.20. The molecule has 1 N–H and O–H groups in total. The number of carbonyl (C=O) groups is 1. The Morgan fingerprint density at radius 2 is 1.75 bits per heavy atom. The summed E-state index contributed by atoms with van der Waals surface area (Å²) in [6, 6.07) is 15.0. The summed E-state index contributed by atoms with van der Waals surface area (Å²) in [5.74, 6) is 2.75. The molecule has 0 fully saturated rings. The van der Waals surface area contributed by atoms with Crippen molar-refractivity contribution in [1.29, 1.82) is 0 Å². The number of hydrogen-bond acceptors (Lipinski definition) is 5. The minimum absolute atomic E-state index is 0.109. The van der Waals surface area contributed by atoms with E-state index in [1.807, 2.05) is 36.4 Å². The molecular weight excluding hydrogens is 404 g/mol. The molecule has 0 aromatic heterocycles. The number of phenolic OH excluding ortho intramolecular Hbond substituents is 1. The number of phenols is 1. The largest absolute Gasteiger partial charge is 0.508 e. The van der Waals surface area contributed by atoms with Gasteiger partial charge in [0.1, 0.15) is 17.3 Å². The predicted octanol–water partition coefficient (Wildman–Crippen LogP) is 5.73. The first-order valence-electron chi connectivity index (χ1n) is 10.7. The Bertz CT molecular complexity index is 1280. The first-order chi connectivity index (χ1) is 15.3. The SMILES string of the molecule is COc1ccc(C2C3=C(CC(C)(C)CC3=O)Oc3ccc4cc(O)ccc4c32)cc1OC. The Hall–Kier alpha value is -3.47. The van der Waals surface area contributed by atoms with E-state index in [1.165, 1.54) is 0 Å². The number of benzene rings is 3. The lowest BCUT2D eigenvalue weighted by Crippen LogP contribution is -2.33. The van der Waals surface area contributed by atoms with Gasteiger partial charge in [0.25, 0.3) is 0 Å². The second-order valence-corrected chi connectivity index (χ2v) is 9.31. The monoisotopic (exact) mass is 430 g/mol. The Morgan fingerprint density at radius 3 is 2.50 bits per heavy atom. The summed E-state index contributed by atoms with van der Waals surface area (Å²) in [6.07, 6.45) is 1.17. The van der Waals surface area contributed by atoms with Crippen LogP contribution in [0.2, 0.25) is 0 Å². The molecule has 3 aromatic carbocycles. The van der Waals surface area contributed by atoms with Crippen molar-refractivity contribution in [2.75, 3.05) is 14.2 Å². The quantitative estimate of drug-likeness (QED) is 0.575. The van der Waals surface area contributed by atoms with E-state index >= 15 is 0 Å². The maximum Gasteiger partial charge on any atom is 0.163 e. The lowest BCUT2D eigenvalue weighted by Gasteiger charge is -2.39. The van der Waals surface area contributed by atoms with Crippen molar-refractivity contribution in [3.63, 3.8) is 0 Å². The second-order valence-electron chi connectivity index (χ2n) is 9.31. The lowest BCUT2D eigenvalue weighted by molar-refractivity contribution is -0.118. The van der Waals surface area contributed by atoms with Crippen molar-refractivity contribution in [1.82, 2.24) is 0 Å². The summed E-state index contributed by atoms with van der Waals surface area (Å²) < 4.78 is 17.4. The van der Waals surface area contributed by atoms with Gasteiger partial charge in [-0.1, -0.05) is 32.0 Å². The van der Waals surface area contributed by atoms with Crippen molar-refractivity contribution in [3.05, 3.63) is 71.0 Å². The molecule has 1 atom stereocenters. The molecule has 2 aliphatic rings. The highest BCUT2D eigenvalue weighted by atomic mass is 16.5. The van der Waals surface area contributed by atoms with Crippen LogP contribution in [-0.2, 0) is 4.79 Å². The average molecular weight is 431 g/mol. The minimum Gasteiger partial charge on any atom is -0.508 e. The molecular formula is C27H26O5. The van der Waals surface area contributed by atoms with E-state index in [-0.39, 0.29) is 22.9 Å². The summed E-state index contributed by atoms with van der Waals surface area (Å²) in [4.78, 5) is 13.5. The number of ketones is 1. The molecule has 5 heteroatoms. The summed E-state index contributed by atoms with van der Waals surface area (Å²) >= 11 is 0. The highest BCUT2D eigenvalue weighted by Gasteiger charge is 2.42. The molecule has 3 aromatic rings. The number of methoxy groups -OCH3 is 2. The van der Waals surface area contributed by atoms with Crippen LogP contribution in [0.25, 0.3) is 10.8 Å². The van der Waals surface area contributed by atoms with Gasteiger partial charge in [0, 0.05) is 29.9 Å². The van der Waals surface area contributed by atoms with Crippen LogP contribution in [0.1, 0.15) is 43.7 Å². The van der Waals surface area contributed by atoms with Crippen molar-refractivity contribution >= 4 is 16.6 Å². The van der Waals surface area contributed by atoms with Gasteiger partial charge >= 0.3 is 0 Å². The molecule has 5 nitrogen and oxygen atoms in total. The normalized spacial score (nSPS) is 19.2. The molecule has 0 saturated carbocycles. The van der Waals surface area contributed by atoms with Crippen LogP contribution in [-0.4, -0.2) is 25.1 Å². The Balaban J connectivity index is 1.81. The van der Waals surface area contributed by atoms with Crippen LogP contribution >= 0.6 is 0 Å². The fourth-order valence-corrected chi connectivity index (χ4v) is 5.04.